The summed E-state index contributed by atoms with van der Waals surface area (Å²) < 4.78 is 0. The van der Waals surface area contributed by atoms with Crippen LogP contribution in [0.1, 0.15) is 23.2 Å². The van der Waals surface area contributed by atoms with Gasteiger partial charge in [0.15, 0.2) is 0 Å². The molecule has 0 radical (unpaired) electrons. The molecule has 0 unspecified atom stereocenters. The monoisotopic (exact) mass is 307 g/mol. The predicted molar refractivity (Wildman–Crippen MR) is 86.8 cm³/mol. The molecule has 21 heavy (non-hydrogen) atoms. The Kier molecular flexibility index (Phi) is 6.07. The van der Waals surface area contributed by atoms with Gasteiger partial charge in [0.05, 0.1) is 5.75 Å². The second-order valence-electron chi connectivity index (χ2n) is 4.97. The van der Waals surface area contributed by atoms with Gasteiger partial charge in [0, 0.05) is 23.5 Å². The zero-order valence-electron chi connectivity index (χ0n) is 12.1. The summed E-state index contributed by atoms with van der Waals surface area (Å²) in [6.07, 6.45) is 2.25. The van der Waals surface area contributed by atoms with E-state index in [4.69, 9.17) is 0 Å². The van der Waals surface area contributed by atoms with E-state index in [9.17, 15) is 9.59 Å². The Bertz CT molecular complexity index is 484. The van der Waals surface area contributed by atoms with Gasteiger partial charge in [-0.2, -0.15) is 0 Å². The molecule has 0 aliphatic carbocycles. The van der Waals surface area contributed by atoms with Crippen LogP contribution >= 0.6 is 11.8 Å². The normalized spacial score (nSPS) is 15.5. The van der Waals surface area contributed by atoms with E-state index in [1.165, 1.54) is 0 Å². The summed E-state index contributed by atoms with van der Waals surface area (Å²) in [4.78, 5) is 23.3. The fourth-order valence-corrected chi connectivity index (χ4v) is 3.23. The van der Waals surface area contributed by atoms with Crippen LogP contribution in [0.4, 0.5) is 5.69 Å². The lowest BCUT2D eigenvalue weighted by atomic mass is 10.2. The summed E-state index contributed by atoms with van der Waals surface area (Å²) in [6.45, 7) is 2.08. The second kappa shape index (κ2) is 8.05. The number of nitrogens with one attached hydrogen (secondary N) is 3. The van der Waals surface area contributed by atoms with Gasteiger partial charge < -0.3 is 16.0 Å². The topological polar surface area (TPSA) is 70.2 Å². The molecule has 1 heterocycles. The molecule has 0 atom stereocenters. The lowest BCUT2D eigenvalue weighted by molar-refractivity contribution is -0.113. The van der Waals surface area contributed by atoms with E-state index in [1.807, 2.05) is 0 Å². The highest BCUT2D eigenvalue weighted by molar-refractivity contribution is 8.00. The summed E-state index contributed by atoms with van der Waals surface area (Å²) in [6, 6.07) is 6.90. The van der Waals surface area contributed by atoms with Crippen molar-refractivity contribution in [1.82, 2.24) is 10.6 Å². The van der Waals surface area contributed by atoms with Crippen molar-refractivity contribution in [1.29, 1.82) is 0 Å². The van der Waals surface area contributed by atoms with E-state index in [0.717, 1.165) is 31.6 Å². The number of carbonyl (C=O) groups excluding carboxylic acids is 2. The smallest absolute Gasteiger partial charge is 0.251 e. The second-order valence-corrected chi connectivity index (χ2v) is 6.25. The van der Waals surface area contributed by atoms with Crippen LogP contribution in [-0.2, 0) is 4.79 Å². The Hall–Kier alpha value is -1.53. The number of anilines is 1. The zero-order valence-corrected chi connectivity index (χ0v) is 13.0. The molecule has 6 heteroatoms. The van der Waals surface area contributed by atoms with Crippen LogP contribution in [0.3, 0.4) is 0 Å². The van der Waals surface area contributed by atoms with Gasteiger partial charge in [0.2, 0.25) is 5.91 Å². The first-order chi connectivity index (χ1) is 10.2. The van der Waals surface area contributed by atoms with Gasteiger partial charge in [-0.15, -0.1) is 11.8 Å². The third-order valence-corrected chi connectivity index (χ3v) is 4.77. The minimum Gasteiger partial charge on any atom is -0.355 e. The van der Waals surface area contributed by atoms with E-state index in [2.05, 4.69) is 16.0 Å². The van der Waals surface area contributed by atoms with Crippen molar-refractivity contribution >= 4 is 29.3 Å². The lowest BCUT2D eigenvalue weighted by Crippen LogP contribution is -2.30. The summed E-state index contributed by atoms with van der Waals surface area (Å²) in [5.41, 5.74) is 1.30. The molecule has 1 aliphatic heterocycles. The van der Waals surface area contributed by atoms with Crippen molar-refractivity contribution in [3.8, 4) is 0 Å². The standard InChI is InChI=1S/C15H21N3O2S/c1-16-15(20)11-2-4-12(5-3-11)18-14(19)10-21-13-6-8-17-9-7-13/h2-5,13,17H,6-10H2,1H3,(H,16,20)(H,18,19). The van der Waals surface area contributed by atoms with Crippen LogP contribution in [0.5, 0.6) is 0 Å². The first kappa shape index (κ1) is 15.9. The lowest BCUT2D eigenvalue weighted by Gasteiger charge is -2.21. The van der Waals surface area contributed by atoms with Crippen LogP contribution in [-0.4, -0.2) is 43.0 Å². The van der Waals surface area contributed by atoms with Crippen molar-refractivity contribution < 1.29 is 9.59 Å². The Labute approximate surface area is 129 Å². The molecule has 0 bridgehead atoms. The van der Waals surface area contributed by atoms with Gasteiger partial charge >= 0.3 is 0 Å². The largest absolute Gasteiger partial charge is 0.355 e. The van der Waals surface area contributed by atoms with Crippen LogP contribution in [0.15, 0.2) is 24.3 Å². The quantitative estimate of drug-likeness (QED) is 0.770. The van der Waals surface area contributed by atoms with Gasteiger partial charge in [-0.3, -0.25) is 9.59 Å². The molecule has 1 aromatic rings. The van der Waals surface area contributed by atoms with Gasteiger partial charge in [-0.1, -0.05) is 0 Å². The summed E-state index contributed by atoms with van der Waals surface area (Å²) in [5.74, 6) is 0.350. The Morgan fingerprint density at radius 3 is 2.52 bits per heavy atom. The van der Waals surface area contributed by atoms with E-state index >= 15 is 0 Å². The number of piperidine rings is 1. The SMILES string of the molecule is CNC(=O)c1ccc(NC(=O)CSC2CCNCC2)cc1. The number of thioether (sulfide) groups is 1. The fourth-order valence-electron chi connectivity index (χ4n) is 2.20. The number of rotatable bonds is 5. The molecule has 1 aliphatic rings. The Balaban J connectivity index is 1.77. The van der Waals surface area contributed by atoms with Gasteiger partial charge in [0.1, 0.15) is 0 Å². The third-order valence-electron chi connectivity index (χ3n) is 3.39. The Morgan fingerprint density at radius 1 is 1.24 bits per heavy atom. The minimum atomic E-state index is -0.130. The zero-order chi connectivity index (χ0) is 15.1. The van der Waals surface area contributed by atoms with Crippen molar-refractivity contribution in [2.24, 2.45) is 0 Å². The third kappa shape index (κ3) is 5.06. The predicted octanol–water partition coefficient (Wildman–Crippen LogP) is 1.47. The molecule has 2 rings (SSSR count). The first-order valence-corrected chi connectivity index (χ1v) is 8.18. The molecule has 0 saturated carbocycles. The molecule has 3 N–H and O–H groups in total. The van der Waals surface area contributed by atoms with Gasteiger partial charge in [-0.05, 0) is 50.2 Å². The highest BCUT2D eigenvalue weighted by atomic mass is 32.2. The fraction of sp³-hybridized carbons (Fsp3) is 0.467. The number of amides is 2. The van der Waals surface area contributed by atoms with Crippen LogP contribution < -0.4 is 16.0 Å². The number of benzene rings is 1. The van der Waals surface area contributed by atoms with E-state index in [-0.39, 0.29) is 11.8 Å². The molecule has 0 spiro atoms. The van der Waals surface area contributed by atoms with Gasteiger partial charge in [-0.25, -0.2) is 0 Å². The van der Waals surface area contributed by atoms with Crippen molar-refractivity contribution in [2.45, 2.75) is 18.1 Å². The maximum atomic E-state index is 11.9. The molecule has 1 fully saturated rings. The molecule has 1 saturated heterocycles. The van der Waals surface area contributed by atoms with Crippen LogP contribution in [0.2, 0.25) is 0 Å². The Morgan fingerprint density at radius 2 is 1.90 bits per heavy atom. The molecule has 2 amide bonds. The molecule has 5 nitrogen and oxygen atoms in total. The maximum Gasteiger partial charge on any atom is 0.251 e. The molecule has 114 valence electrons. The maximum absolute atomic E-state index is 11.9. The number of carbonyl (C=O) groups is 2. The molecular weight excluding hydrogens is 286 g/mol. The van der Waals surface area contributed by atoms with E-state index in [0.29, 0.717) is 16.6 Å². The summed E-state index contributed by atoms with van der Waals surface area (Å²) >= 11 is 1.72. The van der Waals surface area contributed by atoms with E-state index < -0.39 is 0 Å². The average Bonchev–Trinajstić information content (AvgIpc) is 2.54. The molecule has 1 aromatic carbocycles. The first-order valence-electron chi connectivity index (χ1n) is 7.13. The average molecular weight is 307 g/mol. The van der Waals surface area contributed by atoms with E-state index in [1.54, 1.807) is 43.1 Å². The highest BCUT2D eigenvalue weighted by Gasteiger charge is 2.15. The van der Waals surface area contributed by atoms with Crippen molar-refractivity contribution in [2.75, 3.05) is 31.2 Å². The minimum absolute atomic E-state index is 0.00576. The highest BCUT2D eigenvalue weighted by Crippen LogP contribution is 2.20. The molecule has 0 aromatic heterocycles. The van der Waals surface area contributed by atoms with Crippen molar-refractivity contribution in [3.05, 3.63) is 29.8 Å². The van der Waals surface area contributed by atoms with Gasteiger partial charge in [0.25, 0.3) is 5.91 Å². The number of hydrogen-bond donors (Lipinski definition) is 3. The molecular formula is C15H21N3O2S. The summed E-state index contributed by atoms with van der Waals surface area (Å²) in [5, 5.41) is 9.31. The number of hydrogen-bond acceptors (Lipinski definition) is 4. The van der Waals surface area contributed by atoms with Crippen molar-refractivity contribution in [3.63, 3.8) is 0 Å². The van der Waals surface area contributed by atoms with Crippen LogP contribution in [0.25, 0.3) is 0 Å². The van der Waals surface area contributed by atoms with Crippen LogP contribution in [0, 0.1) is 0 Å². The summed E-state index contributed by atoms with van der Waals surface area (Å²) in [7, 11) is 1.59.